The van der Waals surface area contributed by atoms with Gasteiger partial charge in [-0.2, -0.15) is 0 Å². The highest BCUT2D eigenvalue weighted by Crippen LogP contribution is 2.77. The van der Waals surface area contributed by atoms with Gasteiger partial charge in [0, 0.05) is 122 Å². The maximum atomic E-state index is 12.9. The van der Waals surface area contributed by atoms with Gasteiger partial charge in [-0.1, -0.05) is 245 Å². The first kappa shape index (κ1) is 136. The Hall–Kier alpha value is -2.59. The summed E-state index contributed by atoms with van der Waals surface area (Å²) in [7, 11) is 0. The molecule has 14 heteroatoms. The van der Waals surface area contributed by atoms with E-state index in [1.807, 2.05) is 0 Å². The second-order valence-electron chi connectivity index (χ2n) is 67.3. The van der Waals surface area contributed by atoms with E-state index in [2.05, 4.69) is 367 Å². The van der Waals surface area contributed by atoms with Crippen molar-refractivity contribution in [2.45, 2.75) is 639 Å². The van der Waals surface area contributed by atoms with Crippen molar-refractivity contribution in [3.63, 3.8) is 0 Å². The van der Waals surface area contributed by atoms with E-state index in [1.165, 1.54) is 128 Å². The lowest BCUT2D eigenvalue weighted by Crippen LogP contribution is -2.52. The summed E-state index contributed by atoms with van der Waals surface area (Å²) in [5.74, 6) is 6.62. The van der Waals surface area contributed by atoms with Gasteiger partial charge in [0.1, 0.15) is 0 Å². The van der Waals surface area contributed by atoms with Crippen molar-refractivity contribution < 1.29 is 33.6 Å². The minimum Gasteiger partial charge on any atom is -0.297 e. The highest BCUT2D eigenvalue weighted by molar-refractivity contribution is 5.93. The average molecular weight is 2050 g/mol. The predicted molar refractivity (Wildman–Crippen MR) is 630 cm³/mol. The standard InChI is InChI=1S/3C18H31NO.3C18H33NO.C17H31NO.7CH4/c1-15(2,3)14(20)13-9-18(10-17(11-18)7-8-17)12-19(13)16(4,5)6;1-16(2,3)15(20)14-10-18(9-13(18)12-7-8-12)11-19(14)17(4,5)6;1-15(2,3)14(20)13-11-18(10-9-17(18)7-8-17)12-19(13)16(4,5)6;1-15(2,3)14(20)13-9-18(10-17(7,8)11-18)12-19(13)16(4,5)6;1-15(2,3)14(20)13-11-18(10-9-17(18,7)8)12-19(13)16(4,5)6;1-8-13-9-10-18(13)11-14(15(20)16(2,3)4)19(12-18)17(5,6)7;1-12-8-9-17(12)10-13(14(19)15(2,3)4)18(11-17)16(5,6)7;;;;;;;/h13H,7-12H2,1-6H3;12-14H,7-11H2,1-6H3;13H,7-12H2,1-6H3;2*13H,9-12H2,1-8H3;13-14H,8-12H2,1-7H3;12-13H,8-11H2,1-7H3;7*1H4/t13-;13?,14-,18+;13-,18?;13-;13-,18?;13?,14-,18?;12?,13-,17?;;;;;;;/m0000000......./s1. The molecular weight excluding hydrogens is 1800 g/mol. The molecule has 0 aromatic rings. The van der Waals surface area contributed by atoms with Crippen LogP contribution in [-0.2, 0) is 33.6 Å². The highest BCUT2D eigenvalue weighted by atomic mass is 16.2. The molecule has 9 spiro atoms. The molecule has 7 unspecified atom stereocenters. The number of ketones is 7. The summed E-state index contributed by atoms with van der Waals surface area (Å²) in [5.41, 5.74) is 4.34. The van der Waals surface area contributed by atoms with Crippen LogP contribution in [0.15, 0.2) is 0 Å². The number of carbonyl (C=O) groups excluding carboxylic acids is 7. The maximum Gasteiger partial charge on any atom is 0.155 e. The van der Waals surface area contributed by atoms with E-state index in [0.29, 0.717) is 94.6 Å². The Morgan fingerprint density at radius 2 is 0.486 bits per heavy atom. The molecule has 0 radical (unpaired) electrons. The molecule has 7 heterocycles. The zero-order valence-electron chi connectivity index (χ0n) is 100. The van der Waals surface area contributed by atoms with Gasteiger partial charge < -0.3 is 0 Å². The molecule has 17 aliphatic rings. The average Bonchev–Trinajstić information content (AvgIpc) is 1.51. The molecule has 17 rings (SSSR count). The largest absolute Gasteiger partial charge is 0.297 e. The number of Topliss-reactive ketones (excluding diaryl/α,β-unsaturated/α-hetero) is 7. The van der Waals surface area contributed by atoms with Crippen LogP contribution in [0, 0.1) is 121 Å². The summed E-state index contributed by atoms with van der Waals surface area (Å²) in [4.78, 5) is 108. The molecule has 17 fully saturated rings. The Labute approximate surface area is 908 Å². The van der Waals surface area contributed by atoms with Gasteiger partial charge in [-0.15, -0.1) is 0 Å². The Bertz CT molecular complexity index is 4210. The number of nitrogens with zero attached hydrogens (tertiary/aromatic N) is 7. The van der Waals surface area contributed by atoms with E-state index >= 15 is 0 Å². The fourth-order valence-corrected chi connectivity index (χ4v) is 30.9. The maximum absolute atomic E-state index is 12.9. The first-order chi connectivity index (χ1) is 62.1. The van der Waals surface area contributed by atoms with Crippen molar-refractivity contribution in [1.29, 1.82) is 0 Å². The van der Waals surface area contributed by atoms with E-state index in [4.69, 9.17) is 0 Å². The van der Waals surface area contributed by atoms with Gasteiger partial charge >= 0.3 is 0 Å². The second-order valence-corrected chi connectivity index (χ2v) is 67.3. The van der Waals surface area contributed by atoms with Crippen LogP contribution in [0.2, 0.25) is 0 Å². The van der Waals surface area contributed by atoms with E-state index in [9.17, 15) is 33.6 Å². The molecule has 15 atom stereocenters. The third-order valence-electron chi connectivity index (χ3n) is 40.4. The molecular formula is C132H251N7O7. The summed E-state index contributed by atoms with van der Waals surface area (Å²) >= 11 is 0. The van der Waals surface area contributed by atoms with Gasteiger partial charge in [0.2, 0.25) is 0 Å². The quantitative estimate of drug-likeness (QED) is 0.216. The predicted octanol–water partition coefficient (Wildman–Crippen LogP) is 33.1. The van der Waals surface area contributed by atoms with Crippen LogP contribution in [0.3, 0.4) is 0 Å². The number of hydrogen-bond acceptors (Lipinski definition) is 14. The van der Waals surface area contributed by atoms with E-state index in [1.54, 1.807) is 0 Å². The third-order valence-corrected chi connectivity index (χ3v) is 40.4. The smallest absolute Gasteiger partial charge is 0.155 e. The van der Waals surface area contributed by atoms with Crippen LogP contribution in [0.25, 0.3) is 0 Å². The summed E-state index contributed by atoms with van der Waals surface area (Å²) in [5, 5.41) is 0. The molecule has 10 aliphatic carbocycles. The molecule has 0 bridgehead atoms. The Kier molecular flexibility index (Phi) is 40.3. The lowest BCUT2D eigenvalue weighted by atomic mass is 9.50. The van der Waals surface area contributed by atoms with Gasteiger partial charge in [0.05, 0.1) is 42.3 Å². The number of carbonyl (C=O) groups is 7. The summed E-state index contributed by atoms with van der Waals surface area (Å²) in [6.07, 6.45) is 35.0. The van der Waals surface area contributed by atoms with Gasteiger partial charge in [-0.05, 0) is 396 Å². The number of rotatable bonds is 9. The number of hydrogen-bond donors (Lipinski definition) is 0. The van der Waals surface area contributed by atoms with Crippen LogP contribution < -0.4 is 0 Å². The first-order valence-electron chi connectivity index (χ1n) is 57.2. The highest BCUT2D eigenvalue weighted by Gasteiger charge is 2.72. The minimum absolute atomic E-state index is 0. The molecule has 10 saturated carbocycles. The fraction of sp³-hybridized carbons (Fsp3) is 0.947. The number of fused-ring (bicyclic) bond motifs is 1. The molecule has 0 aromatic heterocycles. The lowest BCUT2D eigenvalue weighted by Gasteiger charge is -2.55. The van der Waals surface area contributed by atoms with Crippen molar-refractivity contribution in [2.24, 2.45) is 121 Å². The van der Waals surface area contributed by atoms with Crippen molar-refractivity contribution >= 4 is 40.5 Å². The SMILES string of the molecule is C.C.C.C.C.C.C.CC(C)(C)C(=O)[C@@H]1CC2(CCC2(C)C)CN1C(C)(C)C.CC(C)(C)C(=O)[C@@H]1CC2(CCC23CC3)CN1C(C)(C)C.CC(C)(C)C(=O)[C@@H]1CC2(CN1C(C)(C)C)CC1(CC1)C2.CC(C)(C)C(=O)[C@@H]1C[C@]2(CC2C2CC2)CN1C(C)(C)C.CC1(C)CC2(C[C@@H](C(=O)C(C)(C)C)N(C(C)(C)C)C2)C1.CC1CCC12C[C@@H](C(=O)C(C)(C)C)N(C(C)(C)C)C2.CCC1CCC12C[C@@H](C(=O)C(C)(C)C)N(C(C)(C)C)C2. The lowest BCUT2D eigenvalue weighted by molar-refractivity contribution is -0.133. The first-order valence-corrected chi connectivity index (χ1v) is 57.2. The van der Waals surface area contributed by atoms with Crippen molar-refractivity contribution in [2.75, 3.05) is 45.8 Å². The van der Waals surface area contributed by atoms with Crippen molar-refractivity contribution in [1.82, 2.24) is 34.3 Å². The van der Waals surface area contributed by atoms with E-state index < -0.39 is 0 Å². The Morgan fingerprint density at radius 1 is 0.240 bits per heavy atom. The van der Waals surface area contributed by atoms with Crippen LogP contribution in [-0.4, -0.2) is 202 Å². The van der Waals surface area contributed by atoms with Crippen LogP contribution in [0.1, 0.15) is 558 Å². The molecule has 7 saturated heterocycles. The van der Waals surface area contributed by atoms with Gasteiger partial charge in [-0.3, -0.25) is 67.9 Å². The fourth-order valence-electron chi connectivity index (χ4n) is 30.9. The molecule has 0 N–H and O–H groups in total. The molecule has 146 heavy (non-hydrogen) atoms. The molecule has 856 valence electrons. The zero-order chi connectivity index (χ0) is 106. The van der Waals surface area contributed by atoms with Crippen molar-refractivity contribution in [3.05, 3.63) is 0 Å². The topological polar surface area (TPSA) is 142 Å². The monoisotopic (exact) mass is 2050 g/mol. The number of likely N-dealkylation sites (tertiary alicyclic amines) is 7. The summed E-state index contributed by atoms with van der Waals surface area (Å²) in [6, 6.07) is 0.922. The summed E-state index contributed by atoms with van der Waals surface area (Å²) < 4.78 is 0. The summed E-state index contributed by atoms with van der Waals surface area (Å²) in [6.45, 7) is 113. The zero-order valence-corrected chi connectivity index (χ0v) is 100. The Morgan fingerprint density at radius 3 is 0.719 bits per heavy atom. The molecule has 14 nitrogen and oxygen atoms in total. The second kappa shape index (κ2) is 43.3. The van der Waals surface area contributed by atoms with Crippen LogP contribution in [0.5, 0.6) is 0 Å². The minimum atomic E-state index is -0.242. The van der Waals surface area contributed by atoms with Gasteiger partial charge in [0.15, 0.2) is 40.5 Å². The van der Waals surface area contributed by atoms with Crippen LogP contribution in [0.4, 0.5) is 0 Å². The molecule has 7 aliphatic heterocycles. The van der Waals surface area contributed by atoms with E-state index in [0.717, 1.165) is 120 Å². The molecule has 0 amide bonds. The molecule has 0 aromatic carbocycles. The normalized spacial score (nSPS) is 32.9. The van der Waals surface area contributed by atoms with Gasteiger partial charge in [0.25, 0.3) is 0 Å². The van der Waals surface area contributed by atoms with Crippen LogP contribution >= 0.6 is 0 Å². The van der Waals surface area contributed by atoms with E-state index in [-0.39, 0.29) is 171 Å². The Balaban J connectivity index is 0.000000352. The third kappa shape index (κ3) is 28.0. The van der Waals surface area contributed by atoms with Crippen molar-refractivity contribution in [3.8, 4) is 0 Å². The van der Waals surface area contributed by atoms with Gasteiger partial charge in [-0.25, -0.2) is 0 Å².